The Balaban J connectivity index is 1.59. The third-order valence-electron chi connectivity index (χ3n) is 4.83. The number of nitrogens with zero attached hydrogens (tertiary/aromatic N) is 1. The number of benzene rings is 1. The van der Waals surface area contributed by atoms with Crippen molar-refractivity contribution in [1.29, 1.82) is 0 Å². The Hall–Kier alpha value is -1.60. The van der Waals surface area contributed by atoms with E-state index < -0.39 is 9.84 Å². The number of halogens is 1. The second-order valence-corrected chi connectivity index (χ2v) is 9.29. The number of carbonyl (C=O) groups excluding carboxylic acids is 2. The summed E-state index contributed by atoms with van der Waals surface area (Å²) in [6.07, 6.45) is 0.991. The molecule has 1 N–H and O–H groups in total. The first-order valence-corrected chi connectivity index (χ1v) is 10.6. The minimum atomic E-state index is -3.05. The Kier molecular flexibility index (Phi) is 5.06. The van der Waals surface area contributed by atoms with Gasteiger partial charge in [0.2, 0.25) is 11.8 Å². The first-order chi connectivity index (χ1) is 11.8. The summed E-state index contributed by atoms with van der Waals surface area (Å²) in [5.41, 5.74) is 0.640. The lowest BCUT2D eigenvalue weighted by molar-refractivity contribution is -0.135. The minimum absolute atomic E-state index is 0.0287. The Labute approximate surface area is 152 Å². The molecule has 1 saturated heterocycles. The van der Waals surface area contributed by atoms with Gasteiger partial charge in [0.25, 0.3) is 0 Å². The molecule has 1 heterocycles. The SMILES string of the molecule is CCN(C(=O)C1CC1C(=O)Nc1ccc(Cl)cc1)C1CCS(=O)(=O)C1. The van der Waals surface area contributed by atoms with Crippen LogP contribution in [-0.4, -0.2) is 49.2 Å². The van der Waals surface area contributed by atoms with Crippen molar-refractivity contribution in [2.75, 3.05) is 23.4 Å². The van der Waals surface area contributed by atoms with Gasteiger partial charge in [-0.15, -0.1) is 0 Å². The fourth-order valence-electron chi connectivity index (χ4n) is 3.35. The highest BCUT2D eigenvalue weighted by Crippen LogP contribution is 2.41. The van der Waals surface area contributed by atoms with Gasteiger partial charge in [-0.2, -0.15) is 0 Å². The number of hydrogen-bond acceptors (Lipinski definition) is 4. The van der Waals surface area contributed by atoms with Crippen molar-refractivity contribution in [3.8, 4) is 0 Å². The monoisotopic (exact) mass is 384 g/mol. The van der Waals surface area contributed by atoms with E-state index in [1.807, 2.05) is 6.92 Å². The van der Waals surface area contributed by atoms with Crippen LogP contribution < -0.4 is 5.32 Å². The van der Waals surface area contributed by atoms with Gasteiger partial charge in [0.15, 0.2) is 9.84 Å². The zero-order valence-corrected chi connectivity index (χ0v) is 15.5. The molecule has 0 bridgehead atoms. The summed E-state index contributed by atoms with van der Waals surface area (Å²) < 4.78 is 23.3. The van der Waals surface area contributed by atoms with Crippen LogP contribution in [0.1, 0.15) is 19.8 Å². The van der Waals surface area contributed by atoms with Gasteiger partial charge in [0, 0.05) is 23.3 Å². The van der Waals surface area contributed by atoms with Crippen LogP contribution in [0, 0.1) is 11.8 Å². The molecule has 2 fully saturated rings. The molecule has 1 aromatic carbocycles. The van der Waals surface area contributed by atoms with Crippen molar-refractivity contribution in [3.63, 3.8) is 0 Å². The number of rotatable bonds is 5. The molecule has 1 aliphatic carbocycles. The molecular weight excluding hydrogens is 364 g/mol. The highest BCUT2D eigenvalue weighted by molar-refractivity contribution is 7.91. The van der Waals surface area contributed by atoms with Crippen LogP contribution in [0.5, 0.6) is 0 Å². The van der Waals surface area contributed by atoms with E-state index >= 15 is 0 Å². The van der Waals surface area contributed by atoms with Crippen LogP contribution >= 0.6 is 11.6 Å². The molecule has 8 heteroatoms. The number of amides is 2. The van der Waals surface area contributed by atoms with Gasteiger partial charge in [0.1, 0.15) is 0 Å². The van der Waals surface area contributed by atoms with Crippen molar-refractivity contribution in [2.24, 2.45) is 11.8 Å². The summed E-state index contributed by atoms with van der Waals surface area (Å²) in [6, 6.07) is 6.53. The molecule has 6 nitrogen and oxygen atoms in total. The van der Waals surface area contributed by atoms with E-state index in [2.05, 4.69) is 5.32 Å². The smallest absolute Gasteiger partial charge is 0.228 e. The number of carbonyl (C=O) groups is 2. The molecule has 1 saturated carbocycles. The summed E-state index contributed by atoms with van der Waals surface area (Å²) in [4.78, 5) is 26.6. The number of sulfone groups is 1. The third-order valence-corrected chi connectivity index (χ3v) is 6.83. The summed E-state index contributed by atoms with van der Waals surface area (Å²) in [5.74, 6) is -0.838. The molecule has 3 atom stereocenters. The van der Waals surface area contributed by atoms with E-state index in [1.165, 1.54) is 0 Å². The van der Waals surface area contributed by atoms with E-state index in [0.29, 0.717) is 30.1 Å². The quantitative estimate of drug-likeness (QED) is 0.841. The largest absolute Gasteiger partial charge is 0.339 e. The Morgan fingerprint density at radius 2 is 1.92 bits per heavy atom. The lowest BCUT2D eigenvalue weighted by Crippen LogP contribution is -2.42. The molecular formula is C17H21ClN2O4S. The second-order valence-electron chi connectivity index (χ2n) is 6.63. The predicted molar refractivity (Wildman–Crippen MR) is 96.1 cm³/mol. The summed E-state index contributed by atoms with van der Waals surface area (Å²) in [7, 11) is -3.05. The molecule has 0 radical (unpaired) electrons. The summed E-state index contributed by atoms with van der Waals surface area (Å²) in [6.45, 7) is 2.30. The minimum Gasteiger partial charge on any atom is -0.339 e. The molecule has 0 spiro atoms. The molecule has 25 heavy (non-hydrogen) atoms. The molecule has 0 aromatic heterocycles. The van der Waals surface area contributed by atoms with Crippen LogP contribution in [-0.2, 0) is 19.4 Å². The van der Waals surface area contributed by atoms with Crippen LogP contribution in [0.25, 0.3) is 0 Å². The van der Waals surface area contributed by atoms with Crippen molar-refractivity contribution >= 4 is 38.9 Å². The molecule has 2 aliphatic rings. The fraction of sp³-hybridized carbons (Fsp3) is 0.529. The number of anilines is 1. The van der Waals surface area contributed by atoms with Crippen LogP contribution in [0.2, 0.25) is 5.02 Å². The van der Waals surface area contributed by atoms with Crippen molar-refractivity contribution in [1.82, 2.24) is 4.90 Å². The van der Waals surface area contributed by atoms with E-state index in [4.69, 9.17) is 11.6 Å². The van der Waals surface area contributed by atoms with E-state index in [1.54, 1.807) is 29.2 Å². The number of nitrogens with one attached hydrogen (secondary N) is 1. The zero-order valence-electron chi connectivity index (χ0n) is 13.9. The maximum atomic E-state index is 12.7. The van der Waals surface area contributed by atoms with Crippen LogP contribution in [0.15, 0.2) is 24.3 Å². The Morgan fingerprint density at radius 3 is 2.48 bits per heavy atom. The molecule has 1 aliphatic heterocycles. The van der Waals surface area contributed by atoms with Gasteiger partial charge in [-0.05, 0) is 44.0 Å². The maximum absolute atomic E-state index is 12.7. The highest BCUT2D eigenvalue weighted by Gasteiger charge is 2.50. The second kappa shape index (κ2) is 6.96. The third kappa shape index (κ3) is 4.15. The van der Waals surface area contributed by atoms with Crippen LogP contribution in [0.3, 0.4) is 0 Å². The van der Waals surface area contributed by atoms with Gasteiger partial charge >= 0.3 is 0 Å². The number of hydrogen-bond donors (Lipinski definition) is 1. The van der Waals surface area contributed by atoms with Gasteiger partial charge in [0.05, 0.1) is 23.3 Å². The zero-order chi connectivity index (χ0) is 18.2. The van der Waals surface area contributed by atoms with E-state index in [-0.39, 0.29) is 41.2 Å². The molecule has 2 amide bonds. The Morgan fingerprint density at radius 1 is 1.24 bits per heavy atom. The lowest BCUT2D eigenvalue weighted by atomic mass is 10.2. The topological polar surface area (TPSA) is 83.6 Å². The Bertz CT molecular complexity index is 778. The summed E-state index contributed by atoms with van der Waals surface area (Å²) in [5, 5.41) is 3.38. The summed E-state index contributed by atoms with van der Waals surface area (Å²) >= 11 is 5.82. The normalized spacial score (nSPS) is 26.9. The average Bonchev–Trinajstić information content (AvgIpc) is 3.29. The van der Waals surface area contributed by atoms with Gasteiger partial charge < -0.3 is 10.2 Å². The van der Waals surface area contributed by atoms with Crippen molar-refractivity contribution in [3.05, 3.63) is 29.3 Å². The first kappa shape index (κ1) is 18.2. The van der Waals surface area contributed by atoms with E-state index in [9.17, 15) is 18.0 Å². The molecule has 136 valence electrons. The van der Waals surface area contributed by atoms with Gasteiger partial charge in [-0.25, -0.2) is 8.42 Å². The molecule has 3 unspecified atom stereocenters. The standard InChI is InChI=1S/C17H21ClN2O4S/c1-2-20(13-7-8-25(23,24)10-13)17(22)15-9-14(15)16(21)19-12-5-3-11(18)4-6-12/h3-6,13-15H,2,7-10H2,1H3,(H,19,21). The molecule has 3 rings (SSSR count). The van der Waals surface area contributed by atoms with Crippen molar-refractivity contribution < 1.29 is 18.0 Å². The van der Waals surface area contributed by atoms with Crippen LogP contribution in [0.4, 0.5) is 5.69 Å². The van der Waals surface area contributed by atoms with Crippen molar-refractivity contribution in [2.45, 2.75) is 25.8 Å². The highest BCUT2D eigenvalue weighted by atomic mass is 35.5. The molecule has 1 aromatic rings. The average molecular weight is 385 g/mol. The predicted octanol–water partition coefficient (Wildman–Crippen LogP) is 1.95. The first-order valence-electron chi connectivity index (χ1n) is 8.38. The van der Waals surface area contributed by atoms with E-state index in [0.717, 1.165) is 0 Å². The maximum Gasteiger partial charge on any atom is 0.228 e. The lowest BCUT2D eigenvalue weighted by Gasteiger charge is -2.27. The van der Waals surface area contributed by atoms with Gasteiger partial charge in [-0.1, -0.05) is 11.6 Å². The fourth-order valence-corrected chi connectivity index (χ4v) is 5.21. The van der Waals surface area contributed by atoms with Gasteiger partial charge in [-0.3, -0.25) is 9.59 Å².